The molecule has 1 N–H and O–H groups in total. The molecule has 0 spiro atoms. The van der Waals surface area contributed by atoms with Crippen molar-refractivity contribution in [2.24, 2.45) is 0 Å². The highest BCUT2D eigenvalue weighted by atomic mass is 32.1. The maximum atomic E-state index is 4.28. The summed E-state index contributed by atoms with van der Waals surface area (Å²) in [4.78, 5) is 0. The van der Waals surface area contributed by atoms with Crippen LogP contribution in [0.2, 0.25) is 0 Å². The summed E-state index contributed by atoms with van der Waals surface area (Å²) >= 11 is 1.78. The minimum atomic E-state index is 0.535. The molecule has 0 aliphatic carbocycles. The monoisotopic (exact) mass is 180 g/mol. The first-order valence-electron chi connectivity index (χ1n) is 4.12. The SMILES string of the molecule is Cc1csc2c(C(C)C)[nH]nc12. The first-order valence-corrected chi connectivity index (χ1v) is 5.00. The predicted molar refractivity (Wildman–Crippen MR) is 52.8 cm³/mol. The van der Waals surface area contributed by atoms with E-state index in [9.17, 15) is 0 Å². The molecule has 3 heteroatoms. The Balaban J connectivity index is 2.71. The van der Waals surface area contributed by atoms with E-state index in [2.05, 4.69) is 36.3 Å². The second kappa shape index (κ2) is 2.59. The standard InChI is InChI=1S/C9H12N2S/c1-5(2)7-9-8(11-10-7)6(3)4-12-9/h4-5H,1-3H3,(H,10,11). The number of hydrogen-bond acceptors (Lipinski definition) is 2. The molecule has 0 atom stereocenters. The highest BCUT2D eigenvalue weighted by Gasteiger charge is 2.11. The molecular formula is C9H12N2S. The molecule has 64 valence electrons. The van der Waals surface area contributed by atoms with Crippen molar-refractivity contribution in [1.29, 1.82) is 0 Å². The third kappa shape index (κ3) is 0.966. The molecule has 0 radical (unpaired) electrons. The lowest BCUT2D eigenvalue weighted by Crippen LogP contribution is -1.86. The van der Waals surface area contributed by atoms with Crippen molar-refractivity contribution in [1.82, 2.24) is 10.2 Å². The average Bonchev–Trinajstić information content (AvgIpc) is 2.53. The van der Waals surface area contributed by atoms with Crippen molar-refractivity contribution in [2.75, 3.05) is 0 Å². The summed E-state index contributed by atoms with van der Waals surface area (Å²) in [6.45, 7) is 6.47. The van der Waals surface area contributed by atoms with Crippen molar-refractivity contribution < 1.29 is 0 Å². The van der Waals surface area contributed by atoms with Gasteiger partial charge < -0.3 is 0 Å². The van der Waals surface area contributed by atoms with Crippen LogP contribution in [0.3, 0.4) is 0 Å². The summed E-state index contributed by atoms with van der Waals surface area (Å²) in [6, 6.07) is 0. The zero-order valence-electron chi connectivity index (χ0n) is 7.51. The zero-order valence-corrected chi connectivity index (χ0v) is 8.33. The summed E-state index contributed by atoms with van der Waals surface area (Å²) in [5.74, 6) is 0.535. The Labute approximate surface area is 75.6 Å². The van der Waals surface area contributed by atoms with Gasteiger partial charge in [-0.25, -0.2) is 0 Å². The normalized spacial score (nSPS) is 11.7. The highest BCUT2D eigenvalue weighted by molar-refractivity contribution is 7.17. The van der Waals surface area contributed by atoms with Crippen LogP contribution in [0.25, 0.3) is 10.2 Å². The van der Waals surface area contributed by atoms with Gasteiger partial charge in [-0.2, -0.15) is 5.10 Å². The smallest absolute Gasteiger partial charge is 0.106 e. The molecule has 2 rings (SSSR count). The predicted octanol–water partition coefficient (Wildman–Crippen LogP) is 3.06. The van der Waals surface area contributed by atoms with E-state index in [-0.39, 0.29) is 0 Å². The summed E-state index contributed by atoms with van der Waals surface area (Å²) in [5.41, 5.74) is 3.69. The van der Waals surface area contributed by atoms with Crippen LogP contribution >= 0.6 is 11.3 Å². The second-order valence-electron chi connectivity index (χ2n) is 3.39. The van der Waals surface area contributed by atoms with Gasteiger partial charge in [-0.05, 0) is 23.8 Å². The number of fused-ring (bicyclic) bond motifs is 1. The molecule has 0 saturated carbocycles. The fourth-order valence-corrected chi connectivity index (χ4v) is 2.46. The van der Waals surface area contributed by atoms with E-state index >= 15 is 0 Å². The summed E-state index contributed by atoms with van der Waals surface area (Å²) in [5, 5.41) is 9.54. The van der Waals surface area contributed by atoms with E-state index in [4.69, 9.17) is 0 Å². The molecule has 0 aliphatic heterocycles. The largest absolute Gasteiger partial charge is 0.280 e. The molecule has 12 heavy (non-hydrogen) atoms. The van der Waals surface area contributed by atoms with Crippen molar-refractivity contribution >= 4 is 21.6 Å². The number of aromatic amines is 1. The molecule has 0 fully saturated rings. The fraction of sp³-hybridized carbons (Fsp3) is 0.444. The Morgan fingerprint density at radius 2 is 2.25 bits per heavy atom. The van der Waals surface area contributed by atoms with Gasteiger partial charge in [-0.3, -0.25) is 5.10 Å². The fourth-order valence-electron chi connectivity index (χ4n) is 1.33. The maximum Gasteiger partial charge on any atom is 0.106 e. The Bertz CT molecular complexity index is 397. The first-order chi connectivity index (χ1) is 5.70. The van der Waals surface area contributed by atoms with Gasteiger partial charge in [0, 0.05) is 0 Å². The lowest BCUT2D eigenvalue weighted by Gasteiger charge is -1.97. The molecule has 0 aromatic carbocycles. The minimum absolute atomic E-state index is 0.535. The maximum absolute atomic E-state index is 4.28. The Morgan fingerprint density at radius 1 is 1.50 bits per heavy atom. The lowest BCUT2D eigenvalue weighted by atomic mass is 10.1. The van der Waals surface area contributed by atoms with Crippen molar-refractivity contribution in [3.8, 4) is 0 Å². The van der Waals surface area contributed by atoms with Crippen LogP contribution in [0.15, 0.2) is 5.38 Å². The quantitative estimate of drug-likeness (QED) is 0.718. The molecule has 0 saturated heterocycles. The van der Waals surface area contributed by atoms with E-state index in [0.29, 0.717) is 5.92 Å². The summed E-state index contributed by atoms with van der Waals surface area (Å²) in [6.07, 6.45) is 0. The van der Waals surface area contributed by atoms with Crippen molar-refractivity contribution in [3.05, 3.63) is 16.6 Å². The second-order valence-corrected chi connectivity index (χ2v) is 4.27. The van der Waals surface area contributed by atoms with Crippen molar-refractivity contribution in [3.63, 3.8) is 0 Å². The number of rotatable bonds is 1. The lowest BCUT2D eigenvalue weighted by molar-refractivity contribution is 0.819. The van der Waals surface area contributed by atoms with Crippen LogP contribution in [-0.4, -0.2) is 10.2 Å². The number of aryl methyl sites for hydroxylation is 1. The topological polar surface area (TPSA) is 28.7 Å². The third-order valence-corrected chi connectivity index (χ3v) is 3.17. The van der Waals surface area contributed by atoms with Gasteiger partial charge in [-0.15, -0.1) is 11.3 Å². The Kier molecular flexibility index (Phi) is 1.68. The molecule has 2 nitrogen and oxygen atoms in total. The van der Waals surface area contributed by atoms with Crippen LogP contribution in [0, 0.1) is 6.92 Å². The zero-order chi connectivity index (χ0) is 8.72. The van der Waals surface area contributed by atoms with E-state index in [1.165, 1.54) is 16.0 Å². The van der Waals surface area contributed by atoms with Gasteiger partial charge in [0.2, 0.25) is 0 Å². The molecule has 0 aliphatic rings. The molecule has 0 bridgehead atoms. The molecular weight excluding hydrogens is 168 g/mol. The van der Waals surface area contributed by atoms with E-state index < -0.39 is 0 Å². The molecule has 2 aromatic rings. The molecule has 0 unspecified atom stereocenters. The van der Waals surface area contributed by atoms with Gasteiger partial charge in [0.05, 0.1) is 10.4 Å². The molecule has 2 heterocycles. The number of hydrogen-bond donors (Lipinski definition) is 1. The number of nitrogens with zero attached hydrogens (tertiary/aromatic N) is 1. The van der Waals surface area contributed by atoms with Gasteiger partial charge in [-0.1, -0.05) is 13.8 Å². The highest BCUT2D eigenvalue weighted by Crippen LogP contribution is 2.29. The van der Waals surface area contributed by atoms with Crippen LogP contribution < -0.4 is 0 Å². The Morgan fingerprint density at radius 3 is 2.92 bits per heavy atom. The summed E-state index contributed by atoms with van der Waals surface area (Å²) < 4.78 is 1.32. The van der Waals surface area contributed by atoms with Gasteiger partial charge in [0.25, 0.3) is 0 Å². The minimum Gasteiger partial charge on any atom is -0.280 e. The number of H-pyrrole nitrogens is 1. The number of aromatic nitrogens is 2. The number of nitrogens with one attached hydrogen (secondary N) is 1. The van der Waals surface area contributed by atoms with E-state index in [1.807, 2.05) is 0 Å². The van der Waals surface area contributed by atoms with Crippen LogP contribution in [0.1, 0.15) is 31.0 Å². The van der Waals surface area contributed by atoms with E-state index in [0.717, 1.165) is 5.52 Å². The van der Waals surface area contributed by atoms with Crippen molar-refractivity contribution in [2.45, 2.75) is 26.7 Å². The first kappa shape index (κ1) is 7.80. The van der Waals surface area contributed by atoms with Gasteiger partial charge >= 0.3 is 0 Å². The average molecular weight is 180 g/mol. The third-order valence-electron chi connectivity index (χ3n) is 2.05. The molecule has 2 aromatic heterocycles. The van der Waals surface area contributed by atoms with E-state index in [1.54, 1.807) is 11.3 Å². The van der Waals surface area contributed by atoms with Gasteiger partial charge in [0.1, 0.15) is 5.52 Å². The van der Waals surface area contributed by atoms with Crippen LogP contribution in [0.4, 0.5) is 0 Å². The summed E-state index contributed by atoms with van der Waals surface area (Å²) in [7, 11) is 0. The Hall–Kier alpha value is -0.830. The van der Waals surface area contributed by atoms with Crippen LogP contribution in [0.5, 0.6) is 0 Å². The molecule has 0 amide bonds. The van der Waals surface area contributed by atoms with Crippen LogP contribution in [-0.2, 0) is 0 Å². The van der Waals surface area contributed by atoms with Gasteiger partial charge in [0.15, 0.2) is 0 Å². The number of thiophene rings is 1.